The molecule has 0 radical (unpaired) electrons. The SMILES string of the molecule is N#CCC(=O)N/N=C/c1c[n+]([O-])c2ccccc2n1. The van der Waals surface area contributed by atoms with E-state index in [0.717, 1.165) is 0 Å². The summed E-state index contributed by atoms with van der Waals surface area (Å²) in [5, 5.41) is 23.6. The normalized spacial score (nSPS) is 10.5. The number of carbonyl (C=O) groups is 1. The van der Waals surface area contributed by atoms with Crippen molar-refractivity contribution in [1.82, 2.24) is 10.4 Å². The molecule has 0 unspecified atom stereocenters. The number of hydrogen-bond donors (Lipinski definition) is 1. The number of para-hydroxylation sites is 2. The maximum atomic E-state index is 11.7. The van der Waals surface area contributed by atoms with Crippen molar-refractivity contribution in [2.45, 2.75) is 6.42 Å². The molecule has 1 aromatic carbocycles. The molecule has 0 aliphatic rings. The summed E-state index contributed by atoms with van der Waals surface area (Å²) in [6.45, 7) is 0. The minimum absolute atomic E-state index is 0.274. The van der Waals surface area contributed by atoms with Crippen LogP contribution < -0.4 is 10.2 Å². The maximum absolute atomic E-state index is 11.7. The minimum Gasteiger partial charge on any atom is -0.618 e. The second-order valence-electron chi connectivity index (χ2n) is 3.61. The van der Waals surface area contributed by atoms with Crippen molar-refractivity contribution >= 4 is 23.2 Å². The molecular formula is C12H9N5O2. The first-order chi connectivity index (χ1) is 9.20. The van der Waals surface area contributed by atoms with E-state index < -0.39 is 5.91 Å². The zero-order chi connectivity index (χ0) is 13.7. The van der Waals surface area contributed by atoms with Gasteiger partial charge in [0.15, 0.2) is 0 Å². The molecule has 0 fully saturated rings. The number of aromatic nitrogens is 2. The first-order valence-electron chi connectivity index (χ1n) is 5.38. The van der Waals surface area contributed by atoms with Crippen LogP contribution in [0.5, 0.6) is 0 Å². The van der Waals surface area contributed by atoms with Gasteiger partial charge in [-0.1, -0.05) is 12.1 Å². The number of nitriles is 1. The summed E-state index contributed by atoms with van der Waals surface area (Å²) in [6.07, 6.45) is 2.22. The fourth-order valence-electron chi connectivity index (χ4n) is 1.45. The van der Waals surface area contributed by atoms with Crippen LogP contribution in [0.4, 0.5) is 0 Å². The lowest BCUT2D eigenvalue weighted by Crippen LogP contribution is -2.28. The number of hydrazone groups is 1. The van der Waals surface area contributed by atoms with Gasteiger partial charge in [0.1, 0.15) is 17.6 Å². The number of carbonyl (C=O) groups excluding carboxylic acids is 1. The van der Waals surface area contributed by atoms with Gasteiger partial charge in [0.25, 0.3) is 5.91 Å². The van der Waals surface area contributed by atoms with Gasteiger partial charge in [-0.15, -0.1) is 0 Å². The minimum atomic E-state index is -0.519. The van der Waals surface area contributed by atoms with E-state index in [4.69, 9.17) is 5.26 Å². The summed E-state index contributed by atoms with van der Waals surface area (Å²) in [4.78, 5) is 15.2. The molecule has 2 aromatic rings. The molecule has 0 aliphatic heterocycles. The van der Waals surface area contributed by atoms with Gasteiger partial charge in [0.2, 0.25) is 11.7 Å². The molecule has 1 heterocycles. The van der Waals surface area contributed by atoms with Crippen LogP contribution in [0, 0.1) is 16.5 Å². The number of nitrogens with zero attached hydrogens (tertiary/aromatic N) is 4. The van der Waals surface area contributed by atoms with Crippen LogP contribution in [0.3, 0.4) is 0 Å². The lowest BCUT2D eigenvalue weighted by molar-refractivity contribution is -0.577. The zero-order valence-corrected chi connectivity index (χ0v) is 9.78. The molecule has 1 amide bonds. The van der Waals surface area contributed by atoms with Crippen molar-refractivity contribution in [3.8, 4) is 6.07 Å². The molecule has 0 atom stereocenters. The second kappa shape index (κ2) is 5.55. The van der Waals surface area contributed by atoms with Gasteiger partial charge in [0.05, 0.1) is 12.3 Å². The third-order valence-corrected chi connectivity index (χ3v) is 2.24. The number of hydrogen-bond acceptors (Lipinski definition) is 5. The Morgan fingerprint density at radius 1 is 1.58 bits per heavy atom. The lowest BCUT2D eigenvalue weighted by Gasteiger charge is -2.01. The molecule has 1 N–H and O–H groups in total. The van der Waals surface area contributed by atoms with E-state index in [1.165, 1.54) is 12.4 Å². The van der Waals surface area contributed by atoms with E-state index >= 15 is 0 Å². The summed E-state index contributed by atoms with van der Waals surface area (Å²) >= 11 is 0. The van der Waals surface area contributed by atoms with Crippen molar-refractivity contribution in [3.05, 3.63) is 41.4 Å². The quantitative estimate of drug-likeness (QED) is 0.367. The average Bonchev–Trinajstić information content (AvgIpc) is 2.39. The summed E-state index contributed by atoms with van der Waals surface area (Å²) < 4.78 is 0.681. The third-order valence-electron chi connectivity index (χ3n) is 2.24. The molecule has 2 rings (SSSR count). The largest absolute Gasteiger partial charge is 0.618 e. The van der Waals surface area contributed by atoms with E-state index in [1.54, 1.807) is 30.3 Å². The van der Waals surface area contributed by atoms with E-state index in [1.807, 2.05) is 0 Å². The van der Waals surface area contributed by atoms with Gasteiger partial charge < -0.3 is 5.21 Å². The molecule has 0 saturated carbocycles. The third kappa shape index (κ3) is 3.01. The Morgan fingerprint density at radius 2 is 2.37 bits per heavy atom. The molecular weight excluding hydrogens is 246 g/mol. The van der Waals surface area contributed by atoms with Crippen LogP contribution in [0.25, 0.3) is 11.0 Å². The molecule has 7 heteroatoms. The first-order valence-corrected chi connectivity index (χ1v) is 5.38. The summed E-state index contributed by atoms with van der Waals surface area (Å²) in [5.41, 5.74) is 3.45. The Kier molecular flexibility index (Phi) is 3.64. The molecule has 94 valence electrons. The van der Waals surface area contributed by atoms with Crippen molar-refractivity contribution in [3.63, 3.8) is 0 Å². The molecule has 19 heavy (non-hydrogen) atoms. The fourth-order valence-corrected chi connectivity index (χ4v) is 1.45. The Balaban J connectivity index is 2.20. The summed E-state index contributed by atoms with van der Waals surface area (Å²) in [6, 6.07) is 8.57. The van der Waals surface area contributed by atoms with Crippen molar-refractivity contribution in [1.29, 1.82) is 5.26 Å². The van der Waals surface area contributed by atoms with Crippen molar-refractivity contribution in [2.24, 2.45) is 5.10 Å². The zero-order valence-electron chi connectivity index (χ0n) is 9.78. The first kappa shape index (κ1) is 12.4. The predicted molar refractivity (Wildman–Crippen MR) is 66.7 cm³/mol. The van der Waals surface area contributed by atoms with E-state index in [9.17, 15) is 10.0 Å². The molecule has 0 saturated heterocycles. The van der Waals surface area contributed by atoms with E-state index in [-0.39, 0.29) is 6.42 Å². The average molecular weight is 255 g/mol. The highest BCUT2D eigenvalue weighted by atomic mass is 16.5. The number of fused-ring (bicyclic) bond motifs is 1. The maximum Gasteiger partial charge on any atom is 0.254 e. The Hall–Kier alpha value is -3.01. The lowest BCUT2D eigenvalue weighted by atomic mass is 10.3. The van der Waals surface area contributed by atoms with Crippen LogP contribution in [0.2, 0.25) is 0 Å². The number of rotatable bonds is 3. The van der Waals surface area contributed by atoms with E-state index in [2.05, 4.69) is 15.5 Å². The number of amides is 1. The van der Waals surface area contributed by atoms with Crippen molar-refractivity contribution < 1.29 is 9.52 Å². The predicted octanol–water partition coefficient (Wildman–Crippen LogP) is 0.232. The van der Waals surface area contributed by atoms with E-state index in [0.29, 0.717) is 21.5 Å². The second-order valence-corrected chi connectivity index (χ2v) is 3.61. The van der Waals surface area contributed by atoms with Gasteiger partial charge in [0, 0.05) is 6.07 Å². The van der Waals surface area contributed by atoms with Crippen LogP contribution >= 0.6 is 0 Å². The topological polar surface area (TPSA) is 105 Å². The monoisotopic (exact) mass is 255 g/mol. The van der Waals surface area contributed by atoms with Gasteiger partial charge in [-0.2, -0.15) is 15.1 Å². The molecule has 1 aromatic heterocycles. The fraction of sp³-hybridized carbons (Fsp3) is 0.0833. The standard InChI is InChI=1S/C12H9N5O2/c13-6-5-12(18)16-14-7-9-8-17(19)11-4-2-1-3-10(11)15-9/h1-4,7-8H,5H2,(H,16,18)/b14-7+. The Morgan fingerprint density at radius 3 is 3.16 bits per heavy atom. The highest BCUT2D eigenvalue weighted by molar-refractivity contribution is 5.83. The van der Waals surface area contributed by atoms with Crippen LogP contribution in [-0.4, -0.2) is 17.1 Å². The van der Waals surface area contributed by atoms with Crippen molar-refractivity contribution in [2.75, 3.05) is 0 Å². The summed E-state index contributed by atoms with van der Waals surface area (Å²) in [5.74, 6) is -0.519. The highest BCUT2D eigenvalue weighted by Crippen LogP contribution is 2.05. The van der Waals surface area contributed by atoms with Crippen LogP contribution in [-0.2, 0) is 4.79 Å². The van der Waals surface area contributed by atoms with Crippen LogP contribution in [0.1, 0.15) is 12.1 Å². The van der Waals surface area contributed by atoms with Crippen LogP contribution in [0.15, 0.2) is 35.6 Å². The highest BCUT2D eigenvalue weighted by Gasteiger charge is 2.06. The van der Waals surface area contributed by atoms with Gasteiger partial charge in [-0.3, -0.25) is 4.79 Å². The van der Waals surface area contributed by atoms with Gasteiger partial charge >= 0.3 is 0 Å². The number of benzene rings is 1. The van der Waals surface area contributed by atoms with Gasteiger partial charge in [-0.05, 0) is 6.07 Å². The number of nitrogens with one attached hydrogen (secondary N) is 1. The molecule has 0 bridgehead atoms. The molecule has 7 nitrogen and oxygen atoms in total. The molecule has 0 spiro atoms. The summed E-state index contributed by atoms with van der Waals surface area (Å²) in [7, 11) is 0. The smallest absolute Gasteiger partial charge is 0.254 e. The Labute approximate surface area is 108 Å². The Bertz CT molecular complexity index is 690. The van der Waals surface area contributed by atoms with Gasteiger partial charge in [-0.25, -0.2) is 10.4 Å². The molecule has 0 aliphatic carbocycles.